The number of benzene rings is 1. The van der Waals surface area contributed by atoms with E-state index in [4.69, 9.17) is 5.73 Å². The van der Waals surface area contributed by atoms with E-state index in [0.29, 0.717) is 11.3 Å². The third-order valence-electron chi connectivity index (χ3n) is 2.10. The Morgan fingerprint density at radius 3 is 2.82 bits per heavy atom. The van der Waals surface area contributed by atoms with Gasteiger partial charge in [-0.05, 0) is 44.6 Å². The van der Waals surface area contributed by atoms with Crippen molar-refractivity contribution in [2.45, 2.75) is 13.0 Å². The summed E-state index contributed by atoms with van der Waals surface area (Å²) in [7, 11) is 0. The van der Waals surface area contributed by atoms with Gasteiger partial charge in [-0.2, -0.15) is 0 Å². The SMILES string of the molecule is Nc1cc(-c2nnnn2CC(F)F)ccc1Br. The van der Waals surface area contributed by atoms with Gasteiger partial charge in [0.15, 0.2) is 5.82 Å². The molecule has 5 nitrogen and oxygen atoms in total. The molecule has 1 heterocycles. The molecule has 0 bridgehead atoms. The van der Waals surface area contributed by atoms with Gasteiger partial charge in [0.1, 0.15) is 6.54 Å². The van der Waals surface area contributed by atoms with Crippen LogP contribution < -0.4 is 5.73 Å². The fourth-order valence-electron chi connectivity index (χ4n) is 1.35. The minimum atomic E-state index is -2.51. The van der Waals surface area contributed by atoms with Crippen molar-refractivity contribution >= 4 is 21.6 Å². The van der Waals surface area contributed by atoms with Crippen molar-refractivity contribution in [3.8, 4) is 11.4 Å². The fourth-order valence-corrected chi connectivity index (χ4v) is 1.59. The Bertz CT molecular complexity index is 528. The smallest absolute Gasteiger partial charge is 0.258 e. The average Bonchev–Trinajstić information content (AvgIpc) is 2.69. The van der Waals surface area contributed by atoms with E-state index in [1.54, 1.807) is 18.2 Å². The summed E-state index contributed by atoms with van der Waals surface area (Å²) in [5.41, 5.74) is 6.79. The first-order valence-corrected chi connectivity index (χ1v) is 5.47. The molecule has 2 N–H and O–H groups in total. The fraction of sp³-hybridized carbons (Fsp3) is 0.222. The molecule has 0 spiro atoms. The molecule has 0 radical (unpaired) electrons. The molecule has 1 aromatic carbocycles. The summed E-state index contributed by atoms with van der Waals surface area (Å²) >= 11 is 3.25. The van der Waals surface area contributed by atoms with Crippen LogP contribution in [0, 0.1) is 0 Å². The van der Waals surface area contributed by atoms with Gasteiger partial charge in [0.25, 0.3) is 6.43 Å². The standard InChI is InChI=1S/C9H8BrF2N5/c10-6-2-1-5(3-7(6)13)9-14-15-16-17(9)4-8(11)12/h1-3,8H,4,13H2. The van der Waals surface area contributed by atoms with Crippen molar-refractivity contribution in [1.29, 1.82) is 0 Å². The largest absolute Gasteiger partial charge is 0.398 e. The number of nitrogen functional groups attached to an aromatic ring is 1. The van der Waals surface area contributed by atoms with Crippen molar-refractivity contribution in [3.63, 3.8) is 0 Å². The summed E-state index contributed by atoms with van der Waals surface area (Å²) in [5.74, 6) is 0.268. The Labute approximate surface area is 104 Å². The number of nitrogens with zero attached hydrogens (tertiary/aromatic N) is 4. The predicted octanol–water partition coefficient (Wildman–Crippen LogP) is 1.95. The summed E-state index contributed by atoms with van der Waals surface area (Å²) < 4.78 is 26.4. The maximum Gasteiger partial charge on any atom is 0.258 e. The Morgan fingerprint density at radius 2 is 2.18 bits per heavy atom. The van der Waals surface area contributed by atoms with Crippen molar-refractivity contribution in [2.24, 2.45) is 0 Å². The van der Waals surface area contributed by atoms with E-state index in [2.05, 4.69) is 31.5 Å². The van der Waals surface area contributed by atoms with Gasteiger partial charge in [0.2, 0.25) is 0 Å². The lowest BCUT2D eigenvalue weighted by atomic mass is 10.2. The van der Waals surface area contributed by atoms with Crippen LogP contribution in [0.3, 0.4) is 0 Å². The minimum Gasteiger partial charge on any atom is -0.398 e. The third kappa shape index (κ3) is 2.57. The highest BCUT2D eigenvalue weighted by Crippen LogP contribution is 2.25. The number of nitrogens with two attached hydrogens (primary N) is 1. The Hall–Kier alpha value is -1.57. The molecule has 2 aromatic rings. The van der Waals surface area contributed by atoms with Crippen molar-refractivity contribution < 1.29 is 8.78 Å². The van der Waals surface area contributed by atoms with E-state index in [1.807, 2.05) is 0 Å². The van der Waals surface area contributed by atoms with Crippen molar-refractivity contribution in [3.05, 3.63) is 22.7 Å². The van der Waals surface area contributed by atoms with E-state index >= 15 is 0 Å². The summed E-state index contributed by atoms with van der Waals surface area (Å²) in [6, 6.07) is 5.04. The zero-order valence-corrected chi connectivity index (χ0v) is 10.1. The molecule has 2 rings (SSSR count). The van der Waals surface area contributed by atoms with Crippen LogP contribution in [-0.2, 0) is 6.54 Å². The molecule has 17 heavy (non-hydrogen) atoms. The van der Waals surface area contributed by atoms with Crippen molar-refractivity contribution in [2.75, 3.05) is 5.73 Å². The number of rotatable bonds is 3. The average molecular weight is 304 g/mol. The van der Waals surface area contributed by atoms with Crippen LogP contribution in [-0.4, -0.2) is 26.6 Å². The van der Waals surface area contributed by atoms with Crippen molar-refractivity contribution in [1.82, 2.24) is 20.2 Å². The second-order valence-corrected chi connectivity index (χ2v) is 4.17. The van der Waals surface area contributed by atoms with Gasteiger partial charge in [-0.1, -0.05) is 0 Å². The molecule has 0 saturated carbocycles. The first-order valence-electron chi connectivity index (χ1n) is 4.67. The molecule has 0 aliphatic heterocycles. The quantitative estimate of drug-likeness (QED) is 0.880. The molecule has 0 saturated heterocycles. The van der Waals surface area contributed by atoms with Crippen LogP contribution in [0.5, 0.6) is 0 Å². The van der Waals surface area contributed by atoms with Gasteiger partial charge in [-0.3, -0.25) is 0 Å². The molecular formula is C9H8BrF2N5. The highest BCUT2D eigenvalue weighted by Gasteiger charge is 2.13. The first kappa shape index (κ1) is 11.9. The molecule has 0 aliphatic rings. The molecular weight excluding hydrogens is 296 g/mol. The second-order valence-electron chi connectivity index (χ2n) is 3.31. The van der Waals surface area contributed by atoms with Crippen LogP contribution in [0.1, 0.15) is 0 Å². The first-order chi connectivity index (χ1) is 8.08. The van der Waals surface area contributed by atoms with E-state index in [-0.39, 0.29) is 5.82 Å². The molecule has 0 fully saturated rings. The second kappa shape index (κ2) is 4.74. The Balaban J connectivity index is 2.39. The number of halogens is 3. The molecule has 0 aliphatic carbocycles. The summed E-state index contributed by atoms with van der Waals surface area (Å²) in [6.07, 6.45) is -2.51. The van der Waals surface area contributed by atoms with Gasteiger partial charge in [-0.25, -0.2) is 13.5 Å². The monoisotopic (exact) mass is 303 g/mol. The highest BCUT2D eigenvalue weighted by atomic mass is 79.9. The number of hydrogen-bond donors (Lipinski definition) is 1. The van der Waals surface area contributed by atoms with Gasteiger partial charge in [-0.15, -0.1) is 5.10 Å². The Morgan fingerprint density at radius 1 is 1.41 bits per heavy atom. The van der Waals surface area contributed by atoms with Crippen LogP contribution in [0.25, 0.3) is 11.4 Å². The summed E-state index contributed by atoms with van der Waals surface area (Å²) in [4.78, 5) is 0. The zero-order valence-electron chi connectivity index (χ0n) is 8.52. The maximum absolute atomic E-state index is 12.3. The molecule has 8 heteroatoms. The predicted molar refractivity (Wildman–Crippen MR) is 61.4 cm³/mol. The van der Waals surface area contributed by atoms with Crippen LogP contribution in [0.2, 0.25) is 0 Å². The topological polar surface area (TPSA) is 69.6 Å². The van der Waals surface area contributed by atoms with E-state index in [9.17, 15) is 8.78 Å². The summed E-state index contributed by atoms with van der Waals surface area (Å²) in [6.45, 7) is -0.543. The lowest BCUT2D eigenvalue weighted by molar-refractivity contribution is 0.121. The van der Waals surface area contributed by atoms with Gasteiger partial charge < -0.3 is 5.73 Å². The zero-order chi connectivity index (χ0) is 12.4. The number of alkyl halides is 2. The third-order valence-corrected chi connectivity index (χ3v) is 2.82. The number of anilines is 1. The number of hydrogen-bond acceptors (Lipinski definition) is 4. The molecule has 1 aromatic heterocycles. The highest BCUT2D eigenvalue weighted by molar-refractivity contribution is 9.10. The van der Waals surface area contributed by atoms with Crippen LogP contribution in [0.15, 0.2) is 22.7 Å². The molecule has 90 valence electrons. The normalized spacial score (nSPS) is 11.1. The number of tetrazole rings is 1. The van der Waals surface area contributed by atoms with Gasteiger partial charge in [0, 0.05) is 15.7 Å². The van der Waals surface area contributed by atoms with Gasteiger partial charge >= 0.3 is 0 Å². The molecule has 0 amide bonds. The lowest BCUT2D eigenvalue weighted by Gasteiger charge is -2.05. The Kier molecular flexibility index (Phi) is 3.32. The van der Waals surface area contributed by atoms with Crippen LogP contribution in [0.4, 0.5) is 14.5 Å². The lowest BCUT2D eigenvalue weighted by Crippen LogP contribution is -2.10. The maximum atomic E-state index is 12.3. The molecule has 0 atom stereocenters. The van der Waals surface area contributed by atoms with Crippen LogP contribution >= 0.6 is 15.9 Å². The number of aromatic nitrogens is 4. The van der Waals surface area contributed by atoms with E-state index < -0.39 is 13.0 Å². The van der Waals surface area contributed by atoms with E-state index in [1.165, 1.54) is 0 Å². The minimum absolute atomic E-state index is 0.268. The molecule has 0 unspecified atom stereocenters. The van der Waals surface area contributed by atoms with Gasteiger partial charge in [0.05, 0.1) is 0 Å². The summed E-state index contributed by atoms with van der Waals surface area (Å²) in [5, 5.41) is 10.6. The van der Waals surface area contributed by atoms with E-state index in [0.717, 1.165) is 9.15 Å².